The van der Waals surface area contributed by atoms with Crippen LogP contribution in [0.5, 0.6) is 5.75 Å². The first-order chi connectivity index (χ1) is 18.0. The van der Waals surface area contributed by atoms with Gasteiger partial charge in [0.1, 0.15) is 22.6 Å². The second kappa shape index (κ2) is 12.7. The molecule has 2 amide bonds. The van der Waals surface area contributed by atoms with Crippen LogP contribution in [0.3, 0.4) is 0 Å². The molecule has 14 heteroatoms. The van der Waals surface area contributed by atoms with Crippen LogP contribution in [-0.2, 0) is 16.0 Å². The van der Waals surface area contributed by atoms with Gasteiger partial charge in [0.05, 0.1) is 29.9 Å². The number of β-amino-alcohol motifs (C(OH)–C–C–N with tert-alkyl or cyclic N) is 1. The number of benzene rings is 2. The van der Waals surface area contributed by atoms with Crippen molar-refractivity contribution in [3.05, 3.63) is 57.1 Å². The standard InChI is InChI=1S/C24H25Cl2N5O7/c25-15-7-12(4-5-17(34)35)21(36)18(26)20(15)31-16(33)10-30-24(38)13-3-1-2-11(6-13)22(37)19(27)23-28-8-14(32)9-29-23/h1-3,6-7,14,19,32,36H,4-5,8-10,27H2,(H,28,29)(H,30,38)(H,31,33)(H,34,35). The Kier molecular flexibility index (Phi) is 9.64. The van der Waals surface area contributed by atoms with Crippen molar-refractivity contribution in [1.82, 2.24) is 10.6 Å². The number of aliphatic imine (C=N–C) groups is 1. The molecule has 0 saturated carbocycles. The third-order valence-corrected chi connectivity index (χ3v) is 6.20. The molecule has 202 valence electrons. The SMILES string of the molecule is NC(C(=O)c1cccc(C(=O)NCC(=O)Nc2c(Cl)cc(CCC(=O)O)c(O)c2Cl)c1)C1=NCC(O)CN1. The number of aromatic hydroxyl groups is 1. The number of hydrogen-bond acceptors (Lipinski definition) is 9. The fourth-order valence-corrected chi connectivity index (χ4v) is 4.12. The number of nitrogens with one attached hydrogen (secondary N) is 3. The van der Waals surface area contributed by atoms with Crippen LogP contribution in [-0.4, -0.2) is 76.5 Å². The second-order valence-electron chi connectivity index (χ2n) is 8.36. The minimum Gasteiger partial charge on any atom is -0.506 e. The number of halogens is 2. The number of nitrogens with two attached hydrogens (primary N) is 1. The third-order valence-electron chi connectivity index (χ3n) is 5.53. The summed E-state index contributed by atoms with van der Waals surface area (Å²) in [5.41, 5.74) is 6.35. The molecule has 0 bridgehead atoms. The number of carboxylic acid groups (broad SMARTS) is 1. The predicted octanol–water partition coefficient (Wildman–Crippen LogP) is 0.957. The number of carboxylic acids is 1. The van der Waals surface area contributed by atoms with Gasteiger partial charge in [0.25, 0.3) is 5.91 Å². The van der Waals surface area contributed by atoms with E-state index in [0.717, 1.165) is 0 Å². The number of amides is 2. The molecule has 1 aliphatic rings. The smallest absolute Gasteiger partial charge is 0.303 e. The topological polar surface area (TPSA) is 203 Å². The number of amidine groups is 1. The molecule has 12 nitrogen and oxygen atoms in total. The number of hydrogen-bond donors (Lipinski definition) is 7. The van der Waals surface area contributed by atoms with Gasteiger partial charge in [0.15, 0.2) is 5.78 Å². The molecule has 0 fully saturated rings. The molecule has 0 radical (unpaired) electrons. The molecule has 2 aromatic carbocycles. The van der Waals surface area contributed by atoms with Gasteiger partial charge in [-0.1, -0.05) is 35.3 Å². The minimum absolute atomic E-state index is 0.0227. The highest BCUT2D eigenvalue weighted by Crippen LogP contribution is 2.40. The van der Waals surface area contributed by atoms with E-state index in [4.69, 9.17) is 34.0 Å². The van der Waals surface area contributed by atoms with Crippen molar-refractivity contribution < 1.29 is 34.5 Å². The van der Waals surface area contributed by atoms with E-state index >= 15 is 0 Å². The van der Waals surface area contributed by atoms with Crippen LogP contribution in [0.1, 0.15) is 32.7 Å². The Morgan fingerprint density at radius 1 is 1.18 bits per heavy atom. The highest BCUT2D eigenvalue weighted by Gasteiger charge is 2.25. The van der Waals surface area contributed by atoms with E-state index in [-0.39, 0.29) is 64.2 Å². The highest BCUT2D eigenvalue weighted by molar-refractivity contribution is 6.41. The summed E-state index contributed by atoms with van der Waals surface area (Å²) in [4.78, 5) is 52.6. The van der Waals surface area contributed by atoms with Crippen LogP contribution < -0.4 is 21.7 Å². The number of aliphatic hydroxyl groups is 1. The molecule has 3 rings (SSSR count). The fraction of sp³-hybridized carbons (Fsp3) is 0.292. The van der Waals surface area contributed by atoms with Crippen molar-refractivity contribution in [3.8, 4) is 5.75 Å². The molecular weight excluding hydrogens is 541 g/mol. The number of nitrogens with zero attached hydrogens (tertiary/aromatic N) is 1. The summed E-state index contributed by atoms with van der Waals surface area (Å²) in [6.07, 6.45) is -0.941. The molecule has 1 aliphatic heterocycles. The van der Waals surface area contributed by atoms with Gasteiger partial charge in [0.2, 0.25) is 5.91 Å². The predicted molar refractivity (Wildman–Crippen MR) is 140 cm³/mol. The summed E-state index contributed by atoms with van der Waals surface area (Å²) < 4.78 is 0. The Labute approximate surface area is 226 Å². The number of carbonyl (C=O) groups excluding carboxylic acids is 3. The Balaban J connectivity index is 1.62. The molecule has 8 N–H and O–H groups in total. The maximum Gasteiger partial charge on any atom is 0.303 e. The quantitative estimate of drug-likeness (QED) is 0.204. The van der Waals surface area contributed by atoms with E-state index in [1.54, 1.807) is 0 Å². The Morgan fingerprint density at radius 3 is 2.55 bits per heavy atom. The first kappa shape index (κ1) is 28.9. The first-order valence-electron chi connectivity index (χ1n) is 11.3. The monoisotopic (exact) mass is 565 g/mol. The van der Waals surface area contributed by atoms with Crippen LogP contribution in [0.2, 0.25) is 10.0 Å². The van der Waals surface area contributed by atoms with Gasteiger partial charge in [-0.05, 0) is 30.2 Å². The van der Waals surface area contributed by atoms with Gasteiger partial charge in [-0.2, -0.15) is 0 Å². The summed E-state index contributed by atoms with van der Waals surface area (Å²) in [5.74, 6) is -3.09. The lowest BCUT2D eigenvalue weighted by molar-refractivity contribution is -0.137. The fourth-order valence-electron chi connectivity index (χ4n) is 3.52. The van der Waals surface area contributed by atoms with Crippen LogP contribution in [0.15, 0.2) is 35.3 Å². The zero-order valence-electron chi connectivity index (χ0n) is 19.8. The van der Waals surface area contributed by atoms with Gasteiger partial charge in [-0.15, -0.1) is 0 Å². The van der Waals surface area contributed by atoms with Crippen molar-refractivity contribution in [2.75, 3.05) is 25.0 Å². The lowest BCUT2D eigenvalue weighted by Crippen LogP contribution is -2.51. The molecule has 2 atom stereocenters. The molecule has 0 aliphatic carbocycles. The van der Waals surface area contributed by atoms with Gasteiger partial charge >= 0.3 is 5.97 Å². The van der Waals surface area contributed by atoms with Crippen molar-refractivity contribution in [1.29, 1.82) is 0 Å². The molecule has 0 spiro atoms. The van der Waals surface area contributed by atoms with Gasteiger partial charge in [-0.25, -0.2) is 0 Å². The summed E-state index contributed by atoms with van der Waals surface area (Å²) in [5, 5.41) is 35.9. The van der Waals surface area contributed by atoms with Crippen LogP contribution in [0, 0.1) is 0 Å². The van der Waals surface area contributed by atoms with E-state index in [9.17, 15) is 29.4 Å². The maximum atomic E-state index is 12.8. The van der Waals surface area contributed by atoms with Crippen LogP contribution >= 0.6 is 23.2 Å². The molecule has 2 unspecified atom stereocenters. The largest absolute Gasteiger partial charge is 0.506 e. The highest BCUT2D eigenvalue weighted by atomic mass is 35.5. The number of aryl methyl sites for hydroxylation is 1. The Hall–Kier alpha value is -3.71. The number of aliphatic hydroxyl groups excluding tert-OH is 1. The van der Waals surface area contributed by atoms with Gasteiger partial charge in [0, 0.05) is 24.1 Å². The molecular formula is C24H25Cl2N5O7. The Bertz CT molecular complexity index is 1300. The summed E-state index contributed by atoms with van der Waals surface area (Å²) in [7, 11) is 0. The van der Waals surface area contributed by atoms with E-state index in [1.807, 2.05) is 0 Å². The van der Waals surface area contributed by atoms with Gasteiger partial charge in [-0.3, -0.25) is 24.2 Å². The average molecular weight is 566 g/mol. The Morgan fingerprint density at radius 2 is 1.89 bits per heavy atom. The number of anilines is 1. The number of aliphatic carboxylic acids is 1. The second-order valence-corrected chi connectivity index (χ2v) is 9.15. The molecule has 1 heterocycles. The average Bonchev–Trinajstić information content (AvgIpc) is 2.90. The van der Waals surface area contributed by atoms with Crippen molar-refractivity contribution in [2.24, 2.45) is 10.7 Å². The number of rotatable bonds is 10. The molecule has 38 heavy (non-hydrogen) atoms. The number of phenolic OH excluding ortho intramolecular Hbond substituents is 1. The van der Waals surface area contributed by atoms with Crippen LogP contribution in [0.4, 0.5) is 5.69 Å². The van der Waals surface area contributed by atoms with E-state index in [0.29, 0.717) is 0 Å². The maximum absolute atomic E-state index is 12.8. The molecule has 0 saturated heterocycles. The van der Waals surface area contributed by atoms with E-state index in [1.165, 1.54) is 30.3 Å². The van der Waals surface area contributed by atoms with Crippen LogP contribution in [0.25, 0.3) is 0 Å². The number of Topliss-reactive ketones (excluding diaryl/α,β-unsaturated/α-hetero) is 1. The summed E-state index contributed by atoms with van der Waals surface area (Å²) in [6, 6.07) is 5.94. The van der Waals surface area contributed by atoms with Crippen molar-refractivity contribution >= 4 is 58.3 Å². The zero-order chi connectivity index (χ0) is 28.0. The molecule has 0 aromatic heterocycles. The first-order valence-corrected chi connectivity index (χ1v) is 12.1. The zero-order valence-corrected chi connectivity index (χ0v) is 21.3. The summed E-state index contributed by atoms with van der Waals surface area (Å²) >= 11 is 12.3. The third kappa shape index (κ3) is 7.19. The lowest BCUT2D eigenvalue weighted by atomic mass is 10.0. The normalized spacial score (nSPS) is 15.6. The lowest BCUT2D eigenvalue weighted by Gasteiger charge is -2.22. The van der Waals surface area contributed by atoms with Gasteiger partial charge < -0.3 is 37.0 Å². The van der Waals surface area contributed by atoms with E-state index < -0.39 is 48.0 Å². The van der Waals surface area contributed by atoms with Crippen molar-refractivity contribution in [3.63, 3.8) is 0 Å². The number of carbonyl (C=O) groups is 4. The van der Waals surface area contributed by atoms with Crippen molar-refractivity contribution in [2.45, 2.75) is 25.0 Å². The van der Waals surface area contributed by atoms with E-state index in [2.05, 4.69) is 20.9 Å². The minimum atomic E-state index is -1.10. The number of phenols is 1. The number of ketones is 1. The summed E-state index contributed by atoms with van der Waals surface area (Å²) in [6.45, 7) is -0.151. The molecule has 2 aromatic rings.